The minimum Gasteiger partial charge on any atom is -0.324 e. The number of halogens is 3. The molecule has 8 heteroatoms. The van der Waals surface area contributed by atoms with Gasteiger partial charge < -0.3 is 5.73 Å². The smallest absolute Gasteiger partial charge is 0.324 e. The van der Waals surface area contributed by atoms with E-state index in [4.69, 9.17) is 5.73 Å². The fraction of sp³-hybridized carbons (Fsp3) is 0.500. The van der Waals surface area contributed by atoms with Crippen molar-refractivity contribution in [1.29, 1.82) is 0 Å². The Hall–Kier alpha value is -1.12. The molecule has 1 aromatic carbocycles. The van der Waals surface area contributed by atoms with E-state index in [1.54, 1.807) is 0 Å². The van der Waals surface area contributed by atoms with Crippen LogP contribution in [0.3, 0.4) is 0 Å². The lowest BCUT2D eigenvalue weighted by atomic mass is 9.78. The maximum absolute atomic E-state index is 12.4. The number of sulfonamides is 1. The van der Waals surface area contributed by atoms with Crippen LogP contribution in [0.5, 0.6) is 0 Å². The van der Waals surface area contributed by atoms with Gasteiger partial charge in [-0.25, -0.2) is 13.1 Å². The molecule has 0 atom stereocenters. The molecule has 1 saturated carbocycles. The molecule has 1 aromatic rings. The highest BCUT2D eigenvalue weighted by molar-refractivity contribution is 7.89. The molecule has 1 aliphatic rings. The zero-order chi connectivity index (χ0) is 15.0. The lowest BCUT2D eigenvalue weighted by Crippen LogP contribution is -2.54. The largest absolute Gasteiger partial charge is 0.416 e. The van der Waals surface area contributed by atoms with Gasteiger partial charge in [-0.1, -0.05) is 0 Å². The number of alkyl halides is 3. The average molecular weight is 308 g/mol. The van der Waals surface area contributed by atoms with E-state index in [1.165, 1.54) is 0 Å². The second-order valence-corrected chi connectivity index (χ2v) is 6.83. The summed E-state index contributed by atoms with van der Waals surface area (Å²) in [6, 6.07) is 3.37. The van der Waals surface area contributed by atoms with Crippen LogP contribution in [-0.2, 0) is 16.2 Å². The maximum atomic E-state index is 12.4. The summed E-state index contributed by atoms with van der Waals surface area (Å²) < 4.78 is 63.4. The Morgan fingerprint density at radius 3 is 2.15 bits per heavy atom. The summed E-state index contributed by atoms with van der Waals surface area (Å²) in [5.74, 6) is 0. The molecule has 112 valence electrons. The highest BCUT2D eigenvalue weighted by Gasteiger charge is 2.34. The Morgan fingerprint density at radius 1 is 1.20 bits per heavy atom. The van der Waals surface area contributed by atoms with Crippen molar-refractivity contribution < 1.29 is 21.6 Å². The van der Waals surface area contributed by atoms with Gasteiger partial charge in [-0.05, 0) is 43.5 Å². The first-order valence-corrected chi connectivity index (χ1v) is 7.57. The summed E-state index contributed by atoms with van der Waals surface area (Å²) in [4.78, 5) is -0.201. The summed E-state index contributed by atoms with van der Waals surface area (Å²) in [6.07, 6.45) is -2.05. The van der Waals surface area contributed by atoms with Gasteiger partial charge in [0.15, 0.2) is 0 Å². The van der Waals surface area contributed by atoms with Gasteiger partial charge in [-0.15, -0.1) is 0 Å². The van der Waals surface area contributed by atoms with Crippen LogP contribution in [0.25, 0.3) is 0 Å². The molecule has 0 radical (unpaired) electrons. The van der Waals surface area contributed by atoms with Gasteiger partial charge in [-0.3, -0.25) is 0 Å². The van der Waals surface area contributed by atoms with Crippen molar-refractivity contribution in [3.63, 3.8) is 0 Å². The second kappa shape index (κ2) is 5.01. The quantitative estimate of drug-likeness (QED) is 0.892. The summed E-state index contributed by atoms with van der Waals surface area (Å²) in [5, 5.41) is 0. The zero-order valence-electron chi connectivity index (χ0n) is 10.6. The van der Waals surface area contributed by atoms with Crippen LogP contribution in [0.2, 0.25) is 0 Å². The molecular weight excluding hydrogens is 293 g/mol. The van der Waals surface area contributed by atoms with E-state index >= 15 is 0 Å². The predicted molar refractivity (Wildman–Crippen MR) is 67.4 cm³/mol. The topological polar surface area (TPSA) is 72.2 Å². The summed E-state index contributed by atoms with van der Waals surface area (Å²) in [7, 11) is -3.83. The van der Waals surface area contributed by atoms with Gasteiger partial charge >= 0.3 is 6.18 Å². The normalized spacial score (nSPS) is 18.6. The lowest BCUT2D eigenvalue weighted by molar-refractivity contribution is -0.137. The fourth-order valence-electron chi connectivity index (χ4n) is 1.95. The van der Waals surface area contributed by atoms with E-state index < -0.39 is 27.3 Å². The zero-order valence-corrected chi connectivity index (χ0v) is 11.4. The second-order valence-electron chi connectivity index (χ2n) is 5.06. The number of hydrogen-bond donors (Lipinski definition) is 2. The standard InChI is InChI=1S/C12H15F3N2O2S/c13-12(14,15)9-2-4-10(5-3-9)20(18,19)17-8-11(16)6-1-7-11/h2-5,17H,1,6-8,16H2. The lowest BCUT2D eigenvalue weighted by Gasteiger charge is -2.38. The Kier molecular flexibility index (Phi) is 3.83. The number of benzene rings is 1. The van der Waals surface area contributed by atoms with Crippen LogP contribution < -0.4 is 10.5 Å². The first-order chi connectivity index (χ1) is 9.12. The van der Waals surface area contributed by atoms with Crippen molar-refractivity contribution in [1.82, 2.24) is 4.72 Å². The highest BCUT2D eigenvalue weighted by Crippen LogP contribution is 2.30. The van der Waals surface area contributed by atoms with Crippen molar-refractivity contribution in [2.24, 2.45) is 5.73 Å². The highest BCUT2D eigenvalue weighted by atomic mass is 32.2. The van der Waals surface area contributed by atoms with E-state index in [1.807, 2.05) is 0 Å². The van der Waals surface area contributed by atoms with Crippen LogP contribution >= 0.6 is 0 Å². The van der Waals surface area contributed by atoms with E-state index in [0.717, 1.165) is 43.5 Å². The predicted octanol–water partition coefficient (Wildman–Crippen LogP) is 1.87. The van der Waals surface area contributed by atoms with E-state index in [-0.39, 0.29) is 11.4 Å². The number of nitrogens with two attached hydrogens (primary N) is 1. The van der Waals surface area contributed by atoms with E-state index in [0.29, 0.717) is 0 Å². The molecule has 0 aromatic heterocycles. The molecule has 4 nitrogen and oxygen atoms in total. The minimum atomic E-state index is -4.48. The van der Waals surface area contributed by atoms with Crippen LogP contribution in [0, 0.1) is 0 Å². The molecule has 1 aliphatic carbocycles. The molecule has 0 heterocycles. The van der Waals surface area contributed by atoms with Crippen molar-refractivity contribution in [2.45, 2.75) is 35.9 Å². The summed E-state index contributed by atoms with van der Waals surface area (Å²) >= 11 is 0. The maximum Gasteiger partial charge on any atom is 0.416 e. The molecule has 0 unspecified atom stereocenters. The molecular formula is C12H15F3N2O2S. The van der Waals surface area contributed by atoms with Crippen LogP contribution in [0.15, 0.2) is 29.2 Å². The third kappa shape index (κ3) is 3.31. The third-order valence-electron chi connectivity index (χ3n) is 3.46. The molecule has 20 heavy (non-hydrogen) atoms. The SMILES string of the molecule is NC1(CNS(=O)(=O)c2ccc(C(F)(F)F)cc2)CCC1. The Balaban J connectivity index is 2.09. The van der Waals surface area contributed by atoms with Gasteiger partial charge in [0.05, 0.1) is 10.5 Å². The number of rotatable bonds is 4. The molecule has 3 N–H and O–H groups in total. The fourth-order valence-corrected chi connectivity index (χ4v) is 3.09. The molecule has 0 aliphatic heterocycles. The molecule has 0 amide bonds. The van der Waals surface area contributed by atoms with E-state index in [9.17, 15) is 21.6 Å². The summed E-state index contributed by atoms with van der Waals surface area (Å²) in [5.41, 5.74) is 4.48. The van der Waals surface area contributed by atoms with Gasteiger partial charge in [0.25, 0.3) is 0 Å². The number of hydrogen-bond acceptors (Lipinski definition) is 3. The van der Waals surface area contributed by atoms with Crippen molar-refractivity contribution in [3.05, 3.63) is 29.8 Å². The first kappa shape index (κ1) is 15.3. The Morgan fingerprint density at radius 2 is 1.75 bits per heavy atom. The minimum absolute atomic E-state index is 0.0936. The first-order valence-electron chi connectivity index (χ1n) is 6.08. The van der Waals surface area contributed by atoms with Crippen molar-refractivity contribution in [3.8, 4) is 0 Å². The van der Waals surface area contributed by atoms with Gasteiger partial charge in [0, 0.05) is 12.1 Å². The third-order valence-corrected chi connectivity index (χ3v) is 4.87. The van der Waals surface area contributed by atoms with Crippen molar-refractivity contribution in [2.75, 3.05) is 6.54 Å². The average Bonchev–Trinajstić information content (AvgIpc) is 2.33. The Labute approximate surface area is 115 Å². The summed E-state index contributed by atoms with van der Waals surface area (Å²) in [6.45, 7) is 0.0936. The number of nitrogens with one attached hydrogen (secondary N) is 1. The van der Waals surface area contributed by atoms with Crippen LogP contribution in [0.4, 0.5) is 13.2 Å². The monoisotopic (exact) mass is 308 g/mol. The van der Waals surface area contributed by atoms with Crippen molar-refractivity contribution >= 4 is 10.0 Å². The molecule has 0 spiro atoms. The Bertz CT molecular complexity index is 578. The van der Waals surface area contributed by atoms with Gasteiger partial charge in [-0.2, -0.15) is 13.2 Å². The van der Waals surface area contributed by atoms with Gasteiger partial charge in [0.2, 0.25) is 10.0 Å². The van der Waals surface area contributed by atoms with E-state index in [2.05, 4.69) is 4.72 Å². The van der Waals surface area contributed by atoms with Gasteiger partial charge in [0.1, 0.15) is 0 Å². The van der Waals surface area contributed by atoms with Crippen LogP contribution in [-0.4, -0.2) is 20.5 Å². The molecule has 2 rings (SSSR count). The molecule has 1 fully saturated rings. The van der Waals surface area contributed by atoms with Crippen LogP contribution in [0.1, 0.15) is 24.8 Å². The molecule has 0 saturated heterocycles. The molecule has 0 bridgehead atoms.